The molecule has 2 aromatic rings. The van der Waals surface area contributed by atoms with Crippen molar-refractivity contribution in [2.75, 3.05) is 39.8 Å². The number of nitrogens with two attached hydrogens (primary N) is 2. The molecule has 1 aliphatic rings. The molecule has 1 fully saturated rings. The van der Waals surface area contributed by atoms with E-state index in [9.17, 15) is 18.0 Å². The summed E-state index contributed by atoms with van der Waals surface area (Å²) in [6.07, 6.45) is 4.66. The fourth-order valence-electron chi connectivity index (χ4n) is 4.27. The second-order valence-corrected chi connectivity index (χ2v) is 11.7. The number of hydrogen-bond donors (Lipinski definition) is 4. The van der Waals surface area contributed by atoms with Gasteiger partial charge in [0.05, 0.1) is 0 Å². The summed E-state index contributed by atoms with van der Waals surface area (Å²) in [7, 11) is -1.83. The molecule has 41 heavy (non-hydrogen) atoms. The number of carbonyl (C=O) groups excluding carboxylic acids is 2. The van der Waals surface area contributed by atoms with Crippen molar-refractivity contribution in [2.45, 2.75) is 42.8 Å². The highest BCUT2D eigenvalue weighted by Gasteiger charge is 2.26. The van der Waals surface area contributed by atoms with E-state index in [1.165, 1.54) is 18.3 Å². The fourth-order valence-corrected chi connectivity index (χ4v) is 5.28. The van der Waals surface area contributed by atoms with Crippen LogP contribution in [0.4, 0.5) is 4.79 Å². The van der Waals surface area contributed by atoms with E-state index in [-0.39, 0.29) is 17.0 Å². The van der Waals surface area contributed by atoms with E-state index >= 15 is 0 Å². The molecule has 0 saturated carbocycles. The number of nitrogens with zero attached hydrogens (tertiary/aromatic N) is 4. The highest BCUT2D eigenvalue weighted by atomic mass is 32.2. The van der Waals surface area contributed by atoms with Gasteiger partial charge in [-0.2, -0.15) is 0 Å². The monoisotopic (exact) mass is 584 g/mol. The molecule has 1 saturated heterocycles. The molecule has 3 rings (SSSR count). The molecule has 2 heterocycles. The Morgan fingerprint density at radius 3 is 2.39 bits per heavy atom. The molecule has 6 N–H and O–H groups in total. The smallest absolute Gasteiger partial charge is 0.318 e. The average Bonchev–Trinajstić information content (AvgIpc) is 2.97. The van der Waals surface area contributed by atoms with Gasteiger partial charge in [-0.15, -0.1) is 0 Å². The van der Waals surface area contributed by atoms with Crippen LogP contribution in [0, 0.1) is 0 Å². The van der Waals surface area contributed by atoms with E-state index in [0.717, 1.165) is 24.1 Å². The Balaban J connectivity index is 1.76. The maximum absolute atomic E-state index is 13.5. The van der Waals surface area contributed by atoms with Gasteiger partial charge in [-0.25, -0.2) is 18.2 Å². The number of rotatable bonds is 13. The number of benzene rings is 1. The third-order valence-electron chi connectivity index (χ3n) is 6.68. The summed E-state index contributed by atoms with van der Waals surface area (Å²) >= 11 is 0. The molecule has 3 amide bonds. The van der Waals surface area contributed by atoms with E-state index in [2.05, 4.69) is 25.5 Å². The molecule has 1 aromatic heterocycles. The summed E-state index contributed by atoms with van der Waals surface area (Å²) in [6, 6.07) is 12.5. The molecule has 0 spiro atoms. The second-order valence-electron chi connectivity index (χ2n) is 9.92. The Bertz CT molecular complexity index is 1280. The minimum atomic E-state index is -3.82. The first-order valence-electron chi connectivity index (χ1n) is 13.6. The number of nitrogens with one attached hydrogen (secondary N) is 2. The SMILES string of the molecule is CN1CCN(C(=O)N[C@@H](CCCN=C(N)N)C(=O)N[C@H](/C=C/S(=O)(=O)c2ccccn2)CCc2ccccc2)CC1. The van der Waals surface area contributed by atoms with Gasteiger partial charge in [-0.1, -0.05) is 42.5 Å². The lowest BCUT2D eigenvalue weighted by Crippen LogP contribution is -2.56. The van der Waals surface area contributed by atoms with Crippen LogP contribution >= 0.6 is 0 Å². The van der Waals surface area contributed by atoms with Gasteiger partial charge in [0.2, 0.25) is 15.7 Å². The van der Waals surface area contributed by atoms with Gasteiger partial charge in [0.1, 0.15) is 6.04 Å². The summed E-state index contributed by atoms with van der Waals surface area (Å²) in [5.41, 5.74) is 11.9. The van der Waals surface area contributed by atoms with Crippen molar-refractivity contribution in [3.05, 3.63) is 71.8 Å². The van der Waals surface area contributed by atoms with Gasteiger partial charge < -0.3 is 31.9 Å². The van der Waals surface area contributed by atoms with Gasteiger partial charge in [0.15, 0.2) is 11.0 Å². The minimum absolute atomic E-state index is 0.0484. The minimum Gasteiger partial charge on any atom is -0.370 e. The molecule has 0 bridgehead atoms. The van der Waals surface area contributed by atoms with E-state index in [1.54, 1.807) is 17.0 Å². The molecule has 0 unspecified atom stereocenters. The van der Waals surface area contributed by atoms with Crippen LogP contribution < -0.4 is 22.1 Å². The number of pyridine rings is 1. The second kappa shape index (κ2) is 15.7. The van der Waals surface area contributed by atoms with Gasteiger partial charge in [0.25, 0.3) is 0 Å². The highest BCUT2D eigenvalue weighted by molar-refractivity contribution is 7.94. The third kappa shape index (κ3) is 10.8. The molecule has 222 valence electrons. The quantitative estimate of drug-likeness (QED) is 0.152. The Morgan fingerprint density at radius 1 is 1.02 bits per heavy atom. The molecule has 0 radical (unpaired) electrons. The number of aromatic nitrogens is 1. The summed E-state index contributed by atoms with van der Waals surface area (Å²) in [5.74, 6) is -0.470. The maximum Gasteiger partial charge on any atom is 0.318 e. The van der Waals surface area contributed by atoms with E-state index < -0.39 is 27.8 Å². The molecular formula is C28H40N8O4S. The average molecular weight is 585 g/mol. The van der Waals surface area contributed by atoms with Crippen LogP contribution in [-0.2, 0) is 21.1 Å². The van der Waals surface area contributed by atoms with Crippen LogP contribution in [0.15, 0.2) is 76.2 Å². The Morgan fingerprint density at radius 2 is 1.73 bits per heavy atom. The van der Waals surface area contributed by atoms with Crippen molar-refractivity contribution >= 4 is 27.7 Å². The number of urea groups is 1. The van der Waals surface area contributed by atoms with Gasteiger partial charge in [-0.05, 0) is 50.4 Å². The number of piperazine rings is 1. The lowest BCUT2D eigenvalue weighted by Gasteiger charge is -2.33. The zero-order chi connectivity index (χ0) is 29.7. The van der Waals surface area contributed by atoms with Crippen LogP contribution in [0.25, 0.3) is 0 Å². The standard InChI is InChI=1S/C28H40N8O4S/c1-35-17-19-36(20-18-35)28(38)34-24(10-7-16-32-27(29)30)26(37)33-23(13-12-22-8-3-2-4-9-22)14-21-41(39,40)25-11-5-6-15-31-25/h2-6,8-9,11,14-15,21,23-24H,7,10,12-13,16-20H2,1H3,(H,33,37)(H,34,38)(H4,29,30,32)/b21-14+/t23-,24-/m0/s1. The number of amides is 3. The van der Waals surface area contributed by atoms with Crippen LogP contribution in [0.1, 0.15) is 24.8 Å². The van der Waals surface area contributed by atoms with Crippen molar-refractivity contribution in [1.82, 2.24) is 25.4 Å². The van der Waals surface area contributed by atoms with Crippen LogP contribution in [0.5, 0.6) is 0 Å². The van der Waals surface area contributed by atoms with Crippen molar-refractivity contribution in [2.24, 2.45) is 16.5 Å². The van der Waals surface area contributed by atoms with Gasteiger partial charge >= 0.3 is 6.03 Å². The lowest BCUT2D eigenvalue weighted by molar-refractivity contribution is -0.123. The number of aryl methyl sites for hydroxylation is 1. The summed E-state index contributed by atoms with van der Waals surface area (Å²) in [6.45, 7) is 2.89. The first kappa shape index (κ1) is 31.6. The number of aliphatic imine (C=N–C) groups is 1. The first-order valence-corrected chi connectivity index (χ1v) is 15.2. The van der Waals surface area contributed by atoms with E-state index in [4.69, 9.17) is 11.5 Å². The molecule has 0 aliphatic carbocycles. The molecule has 1 aromatic carbocycles. The predicted molar refractivity (Wildman–Crippen MR) is 159 cm³/mol. The lowest BCUT2D eigenvalue weighted by atomic mass is 10.0. The van der Waals surface area contributed by atoms with Crippen LogP contribution in [-0.4, -0.2) is 93.0 Å². The number of guanidine groups is 1. The van der Waals surface area contributed by atoms with Crippen LogP contribution in [0.2, 0.25) is 0 Å². The third-order valence-corrected chi connectivity index (χ3v) is 8.02. The molecule has 2 atom stereocenters. The molecule has 1 aliphatic heterocycles. The van der Waals surface area contributed by atoms with Crippen molar-refractivity contribution in [3.63, 3.8) is 0 Å². The Labute approximate surface area is 241 Å². The number of likely N-dealkylation sites (N-methyl/N-ethyl adjacent to an activating group) is 1. The van der Waals surface area contributed by atoms with Gasteiger partial charge in [0, 0.05) is 50.4 Å². The first-order chi connectivity index (χ1) is 19.6. The summed E-state index contributed by atoms with van der Waals surface area (Å²) in [5, 5.41) is 6.79. The van der Waals surface area contributed by atoms with Crippen molar-refractivity contribution in [1.29, 1.82) is 0 Å². The highest BCUT2D eigenvalue weighted by Crippen LogP contribution is 2.12. The molecule has 13 heteroatoms. The number of carbonyl (C=O) groups is 2. The summed E-state index contributed by atoms with van der Waals surface area (Å²) in [4.78, 5) is 38.3. The topological polar surface area (TPSA) is 176 Å². The fraction of sp³-hybridized carbons (Fsp3) is 0.429. The Kier molecular flexibility index (Phi) is 12.1. The zero-order valence-electron chi connectivity index (χ0n) is 23.4. The molecule has 12 nitrogen and oxygen atoms in total. The normalized spacial score (nSPS) is 15.7. The summed E-state index contributed by atoms with van der Waals surface area (Å²) < 4.78 is 25.7. The van der Waals surface area contributed by atoms with Crippen LogP contribution in [0.3, 0.4) is 0 Å². The predicted octanol–water partition coefficient (Wildman–Crippen LogP) is 0.866. The Hall–Kier alpha value is -3.97. The van der Waals surface area contributed by atoms with E-state index in [1.807, 2.05) is 37.4 Å². The number of hydrogen-bond acceptors (Lipinski definition) is 7. The largest absolute Gasteiger partial charge is 0.370 e. The van der Waals surface area contributed by atoms with Crippen molar-refractivity contribution < 1.29 is 18.0 Å². The van der Waals surface area contributed by atoms with Crippen molar-refractivity contribution in [3.8, 4) is 0 Å². The molecular weight excluding hydrogens is 544 g/mol. The maximum atomic E-state index is 13.5. The zero-order valence-corrected chi connectivity index (χ0v) is 24.2. The van der Waals surface area contributed by atoms with Gasteiger partial charge in [-0.3, -0.25) is 9.79 Å². The van der Waals surface area contributed by atoms with E-state index in [0.29, 0.717) is 45.3 Å². The number of sulfone groups is 1.